The average Bonchev–Trinajstić information content (AvgIpc) is 2.67. The monoisotopic (exact) mass is 388 g/mol. The molecule has 0 spiro atoms. The number of nitrogens with one attached hydrogen (secondary N) is 1. The summed E-state index contributed by atoms with van der Waals surface area (Å²) in [6, 6.07) is 8.61. The standard InChI is InChI=1S/C22H30F2N4/c1-22(2,18-26-11-6-8-20(23)17-25-3)28-15-13-27(14-16-28)12-10-19-7-4-5-9-21(19)24/h4,6-8,11,17,25H,10,12-16,18H2,1-3H3/b8-6-,20-17-,26-11-. The van der Waals surface area contributed by atoms with Crippen molar-refractivity contribution >= 4 is 6.21 Å². The Balaban J connectivity index is 1.75. The summed E-state index contributed by atoms with van der Waals surface area (Å²) >= 11 is 0. The molecule has 1 aliphatic heterocycles. The molecule has 0 radical (unpaired) electrons. The summed E-state index contributed by atoms with van der Waals surface area (Å²) in [5.74, 6) is -0.633. The molecule has 0 bridgehead atoms. The molecule has 2 rings (SSSR count). The van der Waals surface area contributed by atoms with Crippen molar-refractivity contribution in [2.45, 2.75) is 25.8 Å². The van der Waals surface area contributed by atoms with Gasteiger partial charge >= 0.3 is 0 Å². The summed E-state index contributed by atoms with van der Waals surface area (Å²) in [5.41, 5.74) is 0.636. The van der Waals surface area contributed by atoms with Gasteiger partial charge in [-0.15, -0.1) is 0 Å². The van der Waals surface area contributed by atoms with Crippen LogP contribution in [0.5, 0.6) is 0 Å². The van der Waals surface area contributed by atoms with E-state index in [0.29, 0.717) is 18.5 Å². The van der Waals surface area contributed by atoms with Gasteiger partial charge in [-0.25, -0.2) is 4.39 Å². The highest BCUT2D eigenvalue weighted by atomic mass is 19.1. The maximum atomic E-state index is 13.7. The molecular weight excluding hydrogens is 358 g/mol. The summed E-state index contributed by atoms with van der Waals surface area (Å²) in [7, 11) is 1.65. The van der Waals surface area contributed by atoms with Gasteiger partial charge in [0, 0.05) is 57.7 Å². The third-order valence-electron chi connectivity index (χ3n) is 4.96. The van der Waals surface area contributed by atoms with E-state index >= 15 is 0 Å². The highest BCUT2D eigenvalue weighted by molar-refractivity contribution is 5.71. The molecule has 1 N–H and O–H groups in total. The molecule has 1 saturated heterocycles. The Morgan fingerprint density at radius 3 is 2.75 bits per heavy atom. The normalized spacial score (nSPS) is 17.4. The summed E-state index contributed by atoms with van der Waals surface area (Å²) < 4.78 is 26.9. The Labute approximate surface area is 167 Å². The number of piperazine rings is 1. The first kappa shape index (κ1) is 22.1. The maximum absolute atomic E-state index is 13.7. The molecule has 4 nitrogen and oxygen atoms in total. The molecule has 0 atom stereocenters. The minimum absolute atomic E-state index is 0.0634. The Bertz CT molecular complexity index is 690. The molecule has 1 heterocycles. The fourth-order valence-electron chi connectivity index (χ4n) is 3.21. The molecule has 1 aromatic carbocycles. The molecule has 0 unspecified atom stereocenters. The molecule has 0 aliphatic carbocycles. The zero-order valence-corrected chi connectivity index (χ0v) is 17.0. The number of hydrogen-bond donors (Lipinski definition) is 1. The van der Waals surface area contributed by atoms with Gasteiger partial charge < -0.3 is 10.2 Å². The minimum atomic E-state index is -0.337. The van der Waals surface area contributed by atoms with Crippen molar-refractivity contribution in [2.75, 3.05) is 46.3 Å². The summed E-state index contributed by atoms with van der Waals surface area (Å²) in [4.78, 5) is 9.22. The highest BCUT2D eigenvalue weighted by Gasteiger charge is 2.29. The van der Waals surface area contributed by atoms with Crippen LogP contribution in [0, 0.1) is 17.9 Å². The largest absolute Gasteiger partial charge is 0.392 e. The fourth-order valence-corrected chi connectivity index (χ4v) is 3.21. The third-order valence-corrected chi connectivity index (χ3v) is 4.96. The van der Waals surface area contributed by atoms with E-state index in [1.54, 1.807) is 31.5 Å². The van der Waals surface area contributed by atoms with Crippen molar-refractivity contribution in [3.05, 3.63) is 59.8 Å². The van der Waals surface area contributed by atoms with E-state index in [0.717, 1.165) is 32.7 Å². The maximum Gasteiger partial charge on any atom is 0.176 e. The van der Waals surface area contributed by atoms with Crippen LogP contribution in [0.4, 0.5) is 8.78 Å². The van der Waals surface area contributed by atoms with Crippen molar-refractivity contribution in [3.8, 4) is 0 Å². The predicted molar refractivity (Wildman–Crippen MR) is 111 cm³/mol. The second kappa shape index (κ2) is 10.9. The van der Waals surface area contributed by atoms with Crippen molar-refractivity contribution in [1.82, 2.24) is 15.1 Å². The first-order valence-electron chi connectivity index (χ1n) is 9.66. The number of rotatable bonds is 9. The van der Waals surface area contributed by atoms with Crippen LogP contribution in [-0.2, 0) is 6.42 Å². The van der Waals surface area contributed by atoms with Crippen molar-refractivity contribution in [3.63, 3.8) is 0 Å². The first-order valence-corrected chi connectivity index (χ1v) is 9.66. The van der Waals surface area contributed by atoms with Crippen molar-refractivity contribution in [1.29, 1.82) is 0 Å². The van der Waals surface area contributed by atoms with E-state index in [9.17, 15) is 8.78 Å². The van der Waals surface area contributed by atoms with E-state index in [2.05, 4.69) is 46.1 Å². The van der Waals surface area contributed by atoms with E-state index in [-0.39, 0.29) is 17.2 Å². The van der Waals surface area contributed by atoms with Crippen LogP contribution < -0.4 is 5.32 Å². The molecule has 1 aromatic rings. The molecule has 152 valence electrons. The summed E-state index contributed by atoms with van der Waals surface area (Å²) in [6.45, 7) is 9.67. The molecule has 6 heteroatoms. The van der Waals surface area contributed by atoms with Crippen LogP contribution in [0.3, 0.4) is 0 Å². The van der Waals surface area contributed by atoms with Crippen LogP contribution >= 0.6 is 0 Å². The first-order chi connectivity index (χ1) is 13.4. The zero-order chi connectivity index (χ0) is 20.4. The number of hydrogen-bond acceptors (Lipinski definition) is 4. The molecule has 1 aliphatic rings. The van der Waals surface area contributed by atoms with Crippen molar-refractivity contribution in [2.24, 2.45) is 4.99 Å². The lowest BCUT2D eigenvalue weighted by Gasteiger charge is -2.43. The number of allylic oxidation sites excluding steroid dienone is 3. The summed E-state index contributed by atoms with van der Waals surface area (Å²) in [6.07, 6.45) is 6.60. The zero-order valence-electron chi connectivity index (χ0n) is 17.0. The molecule has 28 heavy (non-hydrogen) atoms. The van der Waals surface area contributed by atoms with Crippen LogP contribution in [0.15, 0.2) is 41.3 Å². The van der Waals surface area contributed by atoms with Crippen LogP contribution in [0.2, 0.25) is 0 Å². The van der Waals surface area contributed by atoms with E-state index < -0.39 is 0 Å². The lowest BCUT2D eigenvalue weighted by molar-refractivity contribution is 0.0576. The molecule has 0 aromatic heterocycles. The lowest BCUT2D eigenvalue weighted by atomic mass is 10.0. The van der Waals surface area contributed by atoms with Crippen molar-refractivity contribution < 1.29 is 8.78 Å². The van der Waals surface area contributed by atoms with Crippen LogP contribution in [0.25, 0.3) is 0 Å². The molecular formula is C22H30F2N4. The van der Waals surface area contributed by atoms with Gasteiger partial charge in [0.15, 0.2) is 5.82 Å². The topological polar surface area (TPSA) is 30.9 Å². The lowest BCUT2D eigenvalue weighted by Crippen LogP contribution is -2.56. The van der Waals surface area contributed by atoms with Gasteiger partial charge in [-0.3, -0.25) is 9.89 Å². The van der Waals surface area contributed by atoms with Gasteiger partial charge in [0.25, 0.3) is 0 Å². The Morgan fingerprint density at radius 2 is 2.07 bits per heavy atom. The van der Waals surface area contributed by atoms with Gasteiger partial charge in [-0.2, -0.15) is 4.39 Å². The molecule has 0 saturated carbocycles. The van der Waals surface area contributed by atoms with Crippen LogP contribution in [0.1, 0.15) is 19.4 Å². The minimum Gasteiger partial charge on any atom is -0.392 e. The SMILES string of the molecule is CN/C=C(F)/C=C\C=N/CC(C)(C)N1CCN(CCc2ccc#cc2F)CC1. The highest BCUT2D eigenvalue weighted by Crippen LogP contribution is 2.18. The van der Waals surface area contributed by atoms with E-state index in [1.165, 1.54) is 12.3 Å². The second-order valence-corrected chi connectivity index (χ2v) is 7.50. The number of halogens is 2. The molecule has 1 fully saturated rings. The smallest absolute Gasteiger partial charge is 0.176 e. The van der Waals surface area contributed by atoms with Gasteiger partial charge in [-0.05, 0) is 56.2 Å². The van der Waals surface area contributed by atoms with Crippen LogP contribution in [-0.4, -0.2) is 67.9 Å². The number of aliphatic imine (C=N–C) groups is 1. The van der Waals surface area contributed by atoms with Gasteiger partial charge in [-0.1, -0.05) is 6.07 Å². The second-order valence-electron chi connectivity index (χ2n) is 7.50. The van der Waals surface area contributed by atoms with Gasteiger partial charge in [0.2, 0.25) is 0 Å². The Kier molecular flexibility index (Phi) is 8.62. The van der Waals surface area contributed by atoms with Gasteiger partial charge in [0.05, 0.1) is 6.54 Å². The molecule has 0 amide bonds. The quantitative estimate of drug-likeness (QED) is 0.521. The third kappa shape index (κ3) is 7.06. The Morgan fingerprint density at radius 1 is 1.32 bits per heavy atom. The predicted octanol–water partition coefficient (Wildman–Crippen LogP) is 3.02. The van der Waals surface area contributed by atoms with E-state index in [1.807, 2.05) is 0 Å². The van der Waals surface area contributed by atoms with Gasteiger partial charge in [0.1, 0.15) is 5.83 Å². The Hall–Kier alpha value is -2.23. The van der Waals surface area contributed by atoms with E-state index in [4.69, 9.17) is 0 Å². The fraction of sp³-hybridized carbons (Fsp3) is 0.500. The summed E-state index contributed by atoms with van der Waals surface area (Å²) in [5, 5.41) is 2.64. The average molecular weight is 389 g/mol. The number of nitrogens with zero attached hydrogens (tertiary/aromatic N) is 3.